The molecule has 1 fully saturated rings. The van der Waals surface area contributed by atoms with Crippen LogP contribution >= 0.6 is 0 Å². The van der Waals surface area contributed by atoms with Gasteiger partial charge in [-0.05, 0) is 120 Å². The summed E-state index contributed by atoms with van der Waals surface area (Å²) in [5, 5.41) is 24.2. The van der Waals surface area contributed by atoms with Gasteiger partial charge in [0, 0.05) is 17.5 Å². The van der Waals surface area contributed by atoms with Crippen LogP contribution in [-0.4, -0.2) is 53.0 Å². The van der Waals surface area contributed by atoms with Crippen molar-refractivity contribution >= 4 is 11.9 Å². The second-order valence-corrected chi connectivity index (χ2v) is 12.9. The molecule has 3 aromatic rings. The van der Waals surface area contributed by atoms with Gasteiger partial charge in [-0.2, -0.15) is 0 Å². The summed E-state index contributed by atoms with van der Waals surface area (Å²) >= 11 is 0. The summed E-state index contributed by atoms with van der Waals surface area (Å²) in [7, 11) is 1.47. The minimum atomic E-state index is -1.43. The first-order valence-electron chi connectivity index (χ1n) is 15.1. The van der Waals surface area contributed by atoms with E-state index in [1.54, 1.807) is 63.2 Å². The lowest BCUT2D eigenvalue weighted by molar-refractivity contribution is -0.00121. The first-order chi connectivity index (χ1) is 21.1. The van der Waals surface area contributed by atoms with Crippen molar-refractivity contribution in [3.8, 4) is 22.8 Å². The van der Waals surface area contributed by atoms with Crippen molar-refractivity contribution in [1.29, 1.82) is 0 Å². The van der Waals surface area contributed by atoms with Crippen molar-refractivity contribution in [2.24, 2.45) is 5.92 Å². The number of methoxy groups -OCH3 is 1. The maximum absolute atomic E-state index is 13.8. The number of pyridine rings is 1. The standard InChI is InChI=1S/C35H43FN2O7/c1-33(2,3)45-32(41)38-34(4,5)25-20-27(22-7-12-26(36)13-8-22)37-31(21-25)35(42,24-10-11-24)16-15-28(40)23-9-14-29(44-18-17-39)30(19-23)43-6/h7-9,12-14,19-21,24,39,42H,10-11,15-18H2,1-6H3,(H,38,41). The highest BCUT2D eigenvalue weighted by atomic mass is 19.1. The Labute approximate surface area is 263 Å². The summed E-state index contributed by atoms with van der Waals surface area (Å²) in [6.07, 6.45) is 1.09. The van der Waals surface area contributed by atoms with Gasteiger partial charge < -0.3 is 29.7 Å². The molecule has 0 spiro atoms. The van der Waals surface area contributed by atoms with E-state index in [2.05, 4.69) is 5.32 Å². The normalized spacial score (nSPS) is 14.8. The summed E-state index contributed by atoms with van der Waals surface area (Å²) in [6.45, 7) is 8.93. The Kier molecular flexibility index (Phi) is 10.2. The maximum atomic E-state index is 13.8. The van der Waals surface area contributed by atoms with Gasteiger partial charge in [-0.1, -0.05) is 0 Å². The third-order valence-electron chi connectivity index (χ3n) is 7.76. The van der Waals surface area contributed by atoms with Crippen molar-refractivity contribution in [3.05, 3.63) is 77.2 Å². The molecule has 4 rings (SSSR count). The third kappa shape index (κ3) is 8.58. The van der Waals surface area contributed by atoms with E-state index in [1.165, 1.54) is 19.2 Å². The monoisotopic (exact) mass is 622 g/mol. The van der Waals surface area contributed by atoms with Crippen molar-refractivity contribution in [1.82, 2.24) is 10.3 Å². The first kappa shape index (κ1) is 33.9. The fourth-order valence-electron chi connectivity index (χ4n) is 5.18. The number of alkyl carbamates (subject to hydrolysis) is 1. The maximum Gasteiger partial charge on any atom is 0.408 e. The average molecular weight is 623 g/mol. The van der Waals surface area contributed by atoms with Crippen LogP contribution in [0.3, 0.4) is 0 Å². The highest BCUT2D eigenvalue weighted by Crippen LogP contribution is 2.49. The van der Waals surface area contributed by atoms with E-state index in [4.69, 9.17) is 24.3 Å². The summed E-state index contributed by atoms with van der Waals surface area (Å²) in [6, 6.07) is 14.3. The van der Waals surface area contributed by atoms with E-state index in [-0.39, 0.29) is 43.6 Å². The second-order valence-electron chi connectivity index (χ2n) is 12.9. The van der Waals surface area contributed by atoms with Crippen LogP contribution in [-0.2, 0) is 15.9 Å². The first-order valence-corrected chi connectivity index (χ1v) is 15.1. The number of hydrogen-bond donors (Lipinski definition) is 3. The van der Waals surface area contributed by atoms with Crippen molar-refractivity contribution in [2.45, 2.75) is 77.0 Å². The Hall–Kier alpha value is -4.02. The number of aliphatic hydroxyl groups excluding tert-OH is 1. The number of ether oxygens (including phenoxy) is 3. The molecule has 2 aromatic carbocycles. The predicted molar refractivity (Wildman–Crippen MR) is 168 cm³/mol. The van der Waals surface area contributed by atoms with Crippen LogP contribution in [0, 0.1) is 11.7 Å². The SMILES string of the molecule is COc1cc(C(=O)CCC(O)(c2cc(C(C)(C)NC(=O)OC(C)(C)C)cc(-c3ccc(F)cc3)n2)C2CC2)ccc1OCCO. The van der Waals surface area contributed by atoms with Gasteiger partial charge in [0.2, 0.25) is 0 Å². The molecule has 0 aliphatic heterocycles. The number of hydrogen-bond acceptors (Lipinski definition) is 8. The van der Waals surface area contributed by atoms with Crippen LogP contribution in [0.1, 0.15) is 81.9 Å². The van der Waals surface area contributed by atoms with Crippen LogP contribution in [0.5, 0.6) is 11.5 Å². The Bertz CT molecular complexity index is 1510. The Morgan fingerprint density at radius 2 is 1.69 bits per heavy atom. The fraction of sp³-hybridized carbons (Fsp3) is 0.457. The number of carbonyl (C=O) groups excluding carboxylic acids is 2. The zero-order valence-corrected chi connectivity index (χ0v) is 26.8. The quantitative estimate of drug-likeness (QED) is 0.190. The minimum Gasteiger partial charge on any atom is -0.493 e. The number of amides is 1. The van der Waals surface area contributed by atoms with E-state index < -0.39 is 22.8 Å². The topological polar surface area (TPSA) is 127 Å². The molecule has 242 valence electrons. The zero-order valence-electron chi connectivity index (χ0n) is 26.8. The van der Waals surface area contributed by atoms with Gasteiger partial charge in [0.15, 0.2) is 17.3 Å². The van der Waals surface area contributed by atoms with Gasteiger partial charge >= 0.3 is 6.09 Å². The van der Waals surface area contributed by atoms with Gasteiger partial charge in [0.25, 0.3) is 0 Å². The molecule has 1 unspecified atom stereocenters. The van der Waals surface area contributed by atoms with Crippen LogP contribution in [0.2, 0.25) is 0 Å². The number of nitrogens with one attached hydrogen (secondary N) is 1. The molecule has 0 saturated heterocycles. The molecule has 1 amide bonds. The number of ketones is 1. The molecule has 45 heavy (non-hydrogen) atoms. The Morgan fingerprint density at radius 1 is 1.00 bits per heavy atom. The lowest BCUT2D eigenvalue weighted by atomic mass is 9.83. The molecular weight excluding hydrogens is 579 g/mol. The molecule has 0 radical (unpaired) electrons. The van der Waals surface area contributed by atoms with E-state index in [0.717, 1.165) is 12.8 Å². The molecule has 1 saturated carbocycles. The number of rotatable bonds is 13. The summed E-state index contributed by atoms with van der Waals surface area (Å²) in [5.74, 6) is 0.0849. The average Bonchev–Trinajstić information content (AvgIpc) is 3.84. The third-order valence-corrected chi connectivity index (χ3v) is 7.76. The van der Waals surface area contributed by atoms with Gasteiger partial charge in [0.05, 0.1) is 30.6 Å². The van der Waals surface area contributed by atoms with Gasteiger partial charge in [-0.3, -0.25) is 4.79 Å². The molecule has 1 aliphatic carbocycles. The molecule has 0 bridgehead atoms. The van der Waals surface area contributed by atoms with E-state index in [0.29, 0.717) is 39.6 Å². The lowest BCUT2D eigenvalue weighted by Crippen LogP contribution is -2.44. The molecule has 1 heterocycles. The molecule has 10 heteroatoms. The number of aromatic nitrogens is 1. The number of nitrogens with zero attached hydrogens (tertiary/aromatic N) is 1. The van der Waals surface area contributed by atoms with Crippen LogP contribution in [0.25, 0.3) is 11.3 Å². The zero-order chi connectivity index (χ0) is 33.0. The van der Waals surface area contributed by atoms with Crippen molar-refractivity contribution < 1.29 is 38.4 Å². The summed E-state index contributed by atoms with van der Waals surface area (Å²) in [4.78, 5) is 31.0. The molecule has 9 nitrogen and oxygen atoms in total. The number of aliphatic hydroxyl groups is 2. The fourth-order valence-corrected chi connectivity index (χ4v) is 5.18. The number of carbonyl (C=O) groups is 2. The van der Waals surface area contributed by atoms with Gasteiger partial charge in [-0.25, -0.2) is 14.2 Å². The van der Waals surface area contributed by atoms with Gasteiger partial charge in [0.1, 0.15) is 23.6 Å². The smallest absolute Gasteiger partial charge is 0.408 e. The number of benzene rings is 2. The van der Waals surface area contributed by atoms with Crippen LogP contribution < -0.4 is 14.8 Å². The van der Waals surface area contributed by atoms with Crippen LogP contribution in [0.15, 0.2) is 54.6 Å². The predicted octanol–water partition coefficient (Wildman–Crippen LogP) is 6.29. The minimum absolute atomic E-state index is 0.0321. The number of halogens is 1. The lowest BCUT2D eigenvalue weighted by Gasteiger charge is -2.32. The molecule has 1 aliphatic rings. The largest absolute Gasteiger partial charge is 0.493 e. The van der Waals surface area contributed by atoms with Crippen LogP contribution in [0.4, 0.5) is 9.18 Å². The molecule has 1 aromatic heterocycles. The van der Waals surface area contributed by atoms with Crippen molar-refractivity contribution in [3.63, 3.8) is 0 Å². The molecule has 3 N–H and O–H groups in total. The molecular formula is C35H43FN2O7. The van der Waals surface area contributed by atoms with Gasteiger partial charge in [-0.15, -0.1) is 0 Å². The highest BCUT2D eigenvalue weighted by Gasteiger charge is 2.47. The van der Waals surface area contributed by atoms with E-state index in [1.807, 2.05) is 13.8 Å². The molecule has 1 atom stereocenters. The van der Waals surface area contributed by atoms with Crippen molar-refractivity contribution in [2.75, 3.05) is 20.3 Å². The second kappa shape index (κ2) is 13.5. The summed E-state index contributed by atoms with van der Waals surface area (Å²) in [5.41, 5.74) is -0.503. The van der Waals surface area contributed by atoms with E-state index in [9.17, 15) is 19.1 Å². The Morgan fingerprint density at radius 3 is 2.29 bits per heavy atom. The van der Waals surface area contributed by atoms with E-state index >= 15 is 0 Å². The number of Topliss-reactive ketones (excluding diaryl/α,β-unsaturated/α-hetero) is 1. The summed E-state index contributed by atoms with van der Waals surface area (Å²) < 4.78 is 30.1. The highest BCUT2D eigenvalue weighted by molar-refractivity contribution is 5.96. The Balaban J connectivity index is 1.68.